The summed E-state index contributed by atoms with van der Waals surface area (Å²) in [7, 11) is 0. The molecular formula is C18H22BrCl2N3O5. The molecule has 3 rings (SSSR count). The Kier molecular flexibility index (Phi) is 7.10. The monoisotopic (exact) mass is 509 g/mol. The lowest BCUT2D eigenvalue weighted by molar-refractivity contribution is -0.152. The summed E-state index contributed by atoms with van der Waals surface area (Å²) in [6, 6.07) is 2.42. The molecule has 0 amide bonds. The van der Waals surface area contributed by atoms with E-state index in [-0.39, 0.29) is 12.5 Å². The Morgan fingerprint density at radius 1 is 1.38 bits per heavy atom. The summed E-state index contributed by atoms with van der Waals surface area (Å²) < 4.78 is 12.9. The van der Waals surface area contributed by atoms with Crippen LogP contribution in [0.5, 0.6) is 0 Å². The average molecular weight is 511 g/mol. The number of hydrogen-bond acceptors (Lipinski definition) is 7. The van der Waals surface area contributed by atoms with Crippen LogP contribution < -0.4 is 5.73 Å². The first-order valence-electron chi connectivity index (χ1n) is 9.12. The quantitative estimate of drug-likeness (QED) is 0.511. The molecular weight excluding hydrogens is 489 g/mol. The van der Waals surface area contributed by atoms with Crippen LogP contribution in [-0.4, -0.2) is 56.7 Å². The third-order valence-corrected chi connectivity index (χ3v) is 6.48. The normalized spacial score (nSPS) is 26.6. The van der Waals surface area contributed by atoms with E-state index < -0.39 is 36.6 Å². The van der Waals surface area contributed by atoms with Crippen molar-refractivity contribution in [2.45, 2.75) is 50.8 Å². The molecule has 1 aromatic heterocycles. The number of benzene rings is 1. The third-order valence-electron chi connectivity index (χ3n) is 5.20. The zero-order valence-electron chi connectivity index (χ0n) is 15.8. The Bertz CT molecular complexity index is 911. The van der Waals surface area contributed by atoms with Crippen molar-refractivity contribution in [1.29, 1.82) is 0 Å². The first kappa shape index (κ1) is 22.7. The Labute approximate surface area is 186 Å². The van der Waals surface area contributed by atoms with Gasteiger partial charge in [-0.15, -0.1) is 0 Å². The molecule has 0 radical (unpaired) electrons. The largest absolute Gasteiger partial charge is 0.462 e. The number of carbonyl (C=O) groups is 1. The van der Waals surface area contributed by atoms with E-state index in [0.29, 0.717) is 25.8 Å². The molecule has 160 valence electrons. The minimum atomic E-state index is -1.29. The Morgan fingerprint density at radius 3 is 2.69 bits per heavy atom. The number of hydrogen-bond donors (Lipinski definition) is 3. The van der Waals surface area contributed by atoms with E-state index in [1.54, 1.807) is 16.7 Å². The summed E-state index contributed by atoms with van der Waals surface area (Å²) in [6.07, 6.45) is -3.75. The van der Waals surface area contributed by atoms with Gasteiger partial charge < -0.3 is 25.4 Å². The molecule has 11 heteroatoms. The maximum Gasteiger partial charge on any atom is 0.323 e. The number of carbonyl (C=O) groups excluding carboxylic acids is 1. The SMILES string of the molecule is CCC(C)[C@H](N)C(=O)OC[C@H]1O[C@@H](n2c(Br)nc3cc(Cl)c(Cl)cc32)[C@H](O)[C@@H]1O. The number of imidazole rings is 1. The molecule has 1 aliphatic rings. The molecule has 6 atom stereocenters. The zero-order chi connectivity index (χ0) is 21.5. The van der Waals surface area contributed by atoms with Gasteiger partial charge in [0.05, 0.1) is 21.1 Å². The number of fused-ring (bicyclic) bond motifs is 1. The summed E-state index contributed by atoms with van der Waals surface area (Å²) >= 11 is 15.5. The highest BCUT2D eigenvalue weighted by Gasteiger charge is 2.45. The molecule has 1 fully saturated rings. The van der Waals surface area contributed by atoms with Gasteiger partial charge in [-0.2, -0.15) is 0 Å². The minimum absolute atomic E-state index is 0.0416. The van der Waals surface area contributed by atoms with Crippen LogP contribution in [0.2, 0.25) is 10.0 Å². The van der Waals surface area contributed by atoms with E-state index >= 15 is 0 Å². The second-order valence-corrected chi connectivity index (χ2v) is 8.62. The van der Waals surface area contributed by atoms with Crippen LogP contribution in [0.3, 0.4) is 0 Å². The van der Waals surface area contributed by atoms with E-state index in [1.807, 2.05) is 13.8 Å². The number of esters is 1. The Balaban J connectivity index is 1.78. The lowest BCUT2D eigenvalue weighted by Crippen LogP contribution is -2.40. The molecule has 1 unspecified atom stereocenters. The number of aromatic nitrogens is 2. The van der Waals surface area contributed by atoms with Crippen LogP contribution in [0.4, 0.5) is 0 Å². The first-order chi connectivity index (χ1) is 13.6. The van der Waals surface area contributed by atoms with Crippen molar-refractivity contribution in [3.8, 4) is 0 Å². The van der Waals surface area contributed by atoms with Crippen molar-refractivity contribution in [2.75, 3.05) is 6.61 Å². The predicted octanol–water partition coefficient (Wildman–Crippen LogP) is 2.64. The summed E-state index contributed by atoms with van der Waals surface area (Å²) in [5.41, 5.74) is 6.95. The van der Waals surface area contributed by atoms with E-state index in [4.69, 9.17) is 38.4 Å². The Hall–Kier alpha value is -0.940. The zero-order valence-corrected chi connectivity index (χ0v) is 18.9. The summed E-state index contributed by atoms with van der Waals surface area (Å²) in [5, 5.41) is 21.6. The highest BCUT2D eigenvalue weighted by Crippen LogP contribution is 2.37. The van der Waals surface area contributed by atoms with Gasteiger partial charge in [0, 0.05) is 0 Å². The topological polar surface area (TPSA) is 120 Å². The molecule has 1 aliphatic heterocycles. The Morgan fingerprint density at radius 2 is 2.03 bits per heavy atom. The van der Waals surface area contributed by atoms with E-state index in [9.17, 15) is 15.0 Å². The smallest absolute Gasteiger partial charge is 0.323 e. The molecule has 8 nitrogen and oxygen atoms in total. The van der Waals surface area contributed by atoms with Gasteiger partial charge in [0.15, 0.2) is 11.0 Å². The van der Waals surface area contributed by atoms with Crippen LogP contribution in [-0.2, 0) is 14.3 Å². The van der Waals surface area contributed by atoms with E-state index in [1.165, 1.54) is 0 Å². The van der Waals surface area contributed by atoms with Crippen LogP contribution >= 0.6 is 39.1 Å². The molecule has 0 aliphatic carbocycles. The molecule has 29 heavy (non-hydrogen) atoms. The predicted molar refractivity (Wildman–Crippen MR) is 112 cm³/mol. The van der Waals surface area contributed by atoms with E-state index in [0.717, 1.165) is 6.42 Å². The fourth-order valence-electron chi connectivity index (χ4n) is 3.13. The van der Waals surface area contributed by atoms with Crippen molar-refractivity contribution in [3.63, 3.8) is 0 Å². The van der Waals surface area contributed by atoms with Crippen molar-refractivity contribution in [1.82, 2.24) is 9.55 Å². The average Bonchev–Trinajstić information content (AvgIpc) is 3.14. The van der Waals surface area contributed by atoms with Gasteiger partial charge in [0.25, 0.3) is 0 Å². The van der Waals surface area contributed by atoms with Crippen LogP contribution in [0.25, 0.3) is 11.0 Å². The highest BCUT2D eigenvalue weighted by molar-refractivity contribution is 9.10. The van der Waals surface area contributed by atoms with Crippen molar-refractivity contribution in [3.05, 3.63) is 26.9 Å². The van der Waals surface area contributed by atoms with Gasteiger partial charge in [-0.3, -0.25) is 9.36 Å². The van der Waals surface area contributed by atoms with Crippen molar-refractivity contribution >= 4 is 56.1 Å². The maximum atomic E-state index is 12.1. The standard InChI is InChI=1S/C18H22BrCl2N3O5/c1-3-7(2)13(22)17(27)28-6-12-14(25)15(26)16(29-12)24-11-5-9(21)8(20)4-10(11)23-18(24)19/h4-5,7,12-16,25-26H,3,6,22H2,1-2H3/t7?,12-,13+,14-,15-,16-/m1/s1. The lowest BCUT2D eigenvalue weighted by Gasteiger charge is -2.20. The third kappa shape index (κ3) is 4.41. The van der Waals surface area contributed by atoms with Crippen LogP contribution in [0.1, 0.15) is 26.5 Å². The minimum Gasteiger partial charge on any atom is -0.462 e. The number of nitrogens with two attached hydrogens (primary N) is 1. The molecule has 0 bridgehead atoms. The molecule has 1 aromatic carbocycles. The van der Waals surface area contributed by atoms with Gasteiger partial charge in [-0.1, -0.05) is 43.5 Å². The number of halogens is 3. The van der Waals surface area contributed by atoms with Crippen molar-refractivity contribution < 1.29 is 24.5 Å². The first-order valence-corrected chi connectivity index (χ1v) is 10.7. The van der Waals surface area contributed by atoms with Gasteiger partial charge in [-0.05, 0) is 34.0 Å². The second kappa shape index (κ2) is 9.05. The number of ether oxygens (including phenoxy) is 2. The summed E-state index contributed by atoms with van der Waals surface area (Å²) in [5.74, 6) is -0.621. The van der Waals surface area contributed by atoms with Gasteiger partial charge >= 0.3 is 5.97 Å². The highest BCUT2D eigenvalue weighted by atomic mass is 79.9. The number of aliphatic hydroxyl groups is 2. The van der Waals surface area contributed by atoms with Crippen LogP contribution in [0, 0.1) is 5.92 Å². The van der Waals surface area contributed by atoms with Crippen molar-refractivity contribution in [2.24, 2.45) is 11.7 Å². The van der Waals surface area contributed by atoms with Gasteiger partial charge in [0.1, 0.15) is 31.0 Å². The fourth-order valence-corrected chi connectivity index (χ4v) is 4.03. The van der Waals surface area contributed by atoms with Crippen LogP contribution in [0.15, 0.2) is 16.9 Å². The molecule has 2 aromatic rings. The van der Waals surface area contributed by atoms with E-state index in [2.05, 4.69) is 20.9 Å². The molecule has 2 heterocycles. The maximum absolute atomic E-state index is 12.1. The molecule has 1 saturated heterocycles. The number of aliphatic hydroxyl groups excluding tert-OH is 2. The lowest BCUT2D eigenvalue weighted by atomic mass is 10.0. The summed E-state index contributed by atoms with van der Waals surface area (Å²) in [6.45, 7) is 3.54. The molecule has 4 N–H and O–H groups in total. The fraction of sp³-hybridized carbons (Fsp3) is 0.556. The summed E-state index contributed by atoms with van der Waals surface area (Å²) in [4.78, 5) is 16.4. The van der Waals surface area contributed by atoms with Gasteiger partial charge in [-0.25, -0.2) is 4.98 Å². The van der Waals surface area contributed by atoms with Gasteiger partial charge in [0.2, 0.25) is 0 Å². The molecule has 0 spiro atoms. The molecule has 0 saturated carbocycles. The number of nitrogens with zero attached hydrogens (tertiary/aromatic N) is 2. The number of rotatable bonds is 6. The second-order valence-electron chi connectivity index (χ2n) is 7.09.